The number of phenols is 1. The van der Waals surface area contributed by atoms with Gasteiger partial charge in [0.1, 0.15) is 23.7 Å². The normalized spacial score (nSPS) is 10.4. The summed E-state index contributed by atoms with van der Waals surface area (Å²) in [5.41, 5.74) is -0.0741. The molecule has 0 radical (unpaired) electrons. The van der Waals surface area contributed by atoms with Crippen molar-refractivity contribution in [3.63, 3.8) is 0 Å². The highest BCUT2D eigenvalue weighted by Crippen LogP contribution is 2.29. The minimum Gasteiger partial charge on any atom is -0.507 e. The first kappa shape index (κ1) is 13.1. The molecule has 0 saturated carbocycles. The molecule has 0 aliphatic rings. The van der Waals surface area contributed by atoms with Crippen LogP contribution in [0.15, 0.2) is 29.3 Å². The maximum absolute atomic E-state index is 11.1. The van der Waals surface area contributed by atoms with E-state index in [2.05, 4.69) is 21.9 Å². The monoisotopic (exact) mass is 261 g/mol. The first-order valence-electron chi connectivity index (χ1n) is 6.08. The fraction of sp³-hybridized carbons (Fsp3) is 0.308. The lowest BCUT2D eigenvalue weighted by Crippen LogP contribution is -2.11. The zero-order chi connectivity index (χ0) is 13.7. The molecule has 0 saturated heterocycles. The fourth-order valence-electron chi connectivity index (χ4n) is 1.58. The lowest BCUT2D eigenvalue weighted by atomic mass is 10.2. The van der Waals surface area contributed by atoms with E-state index in [1.807, 2.05) is 0 Å². The summed E-state index contributed by atoms with van der Waals surface area (Å²) in [6.45, 7) is 2.69. The third-order valence-electron chi connectivity index (χ3n) is 2.58. The number of nitrogens with one attached hydrogen (secondary N) is 1. The molecule has 2 N–H and O–H groups in total. The summed E-state index contributed by atoms with van der Waals surface area (Å²) in [5.74, 6) is 0.868. The summed E-state index contributed by atoms with van der Waals surface area (Å²) in [6, 6.07) is 4.88. The second-order valence-corrected chi connectivity index (χ2v) is 4.03. The average molecular weight is 261 g/mol. The molecule has 1 aromatic heterocycles. The molecule has 0 unspecified atom stereocenters. The van der Waals surface area contributed by atoms with Crippen LogP contribution in [0.2, 0.25) is 0 Å². The Hall–Kier alpha value is -2.37. The van der Waals surface area contributed by atoms with Crippen LogP contribution < -0.4 is 10.4 Å². The van der Waals surface area contributed by atoms with Crippen LogP contribution in [0.1, 0.15) is 19.8 Å². The molecule has 0 fully saturated rings. The van der Waals surface area contributed by atoms with E-state index in [0.717, 1.165) is 19.2 Å². The van der Waals surface area contributed by atoms with Gasteiger partial charge in [0.2, 0.25) is 0 Å². The summed E-state index contributed by atoms with van der Waals surface area (Å²) < 4.78 is 5.48. The quantitative estimate of drug-likeness (QED) is 0.800. The van der Waals surface area contributed by atoms with E-state index in [9.17, 15) is 9.90 Å². The molecule has 2 aromatic rings. The van der Waals surface area contributed by atoms with Crippen molar-refractivity contribution in [2.24, 2.45) is 0 Å². The van der Waals surface area contributed by atoms with Crippen molar-refractivity contribution in [3.8, 4) is 22.9 Å². The Kier molecular flexibility index (Phi) is 4.12. The zero-order valence-corrected chi connectivity index (χ0v) is 10.6. The van der Waals surface area contributed by atoms with Gasteiger partial charge in [-0.25, -0.2) is 9.78 Å². The predicted molar refractivity (Wildman–Crippen MR) is 70.2 cm³/mol. The number of nitrogens with zero attached hydrogens (tertiary/aromatic N) is 2. The minimum absolute atomic E-state index is 0.00310. The molecule has 0 atom stereocenters. The van der Waals surface area contributed by atoms with Gasteiger partial charge in [-0.05, 0) is 18.6 Å². The van der Waals surface area contributed by atoms with Crippen molar-refractivity contribution in [2.45, 2.75) is 19.8 Å². The van der Waals surface area contributed by atoms with Gasteiger partial charge in [-0.1, -0.05) is 13.3 Å². The molecule has 0 spiro atoms. The Morgan fingerprint density at radius 3 is 2.89 bits per heavy atom. The largest absolute Gasteiger partial charge is 0.507 e. The number of aromatic amines is 1. The average Bonchev–Trinajstić information content (AvgIpc) is 2.39. The molecular formula is C13H15N3O3. The van der Waals surface area contributed by atoms with Gasteiger partial charge in [-0.3, -0.25) is 4.98 Å². The molecule has 100 valence electrons. The van der Waals surface area contributed by atoms with Crippen LogP contribution in [0.25, 0.3) is 11.4 Å². The molecule has 1 aromatic carbocycles. The molecule has 19 heavy (non-hydrogen) atoms. The van der Waals surface area contributed by atoms with Crippen LogP contribution in [0, 0.1) is 0 Å². The number of H-pyrrole nitrogens is 1. The van der Waals surface area contributed by atoms with E-state index in [-0.39, 0.29) is 11.6 Å². The van der Waals surface area contributed by atoms with Crippen molar-refractivity contribution in [1.29, 1.82) is 0 Å². The number of ether oxygens (including phenoxy) is 1. The number of hydrogen-bond donors (Lipinski definition) is 2. The highest BCUT2D eigenvalue weighted by molar-refractivity contribution is 5.64. The molecule has 6 nitrogen and oxygen atoms in total. The minimum atomic E-state index is -0.507. The second-order valence-electron chi connectivity index (χ2n) is 4.03. The number of phenolic OH excluding ortho intramolecular Hbond substituents is 1. The molecule has 0 aliphatic heterocycles. The number of rotatable bonds is 5. The second kappa shape index (κ2) is 5.99. The Morgan fingerprint density at radius 1 is 1.37 bits per heavy atom. The number of benzene rings is 1. The number of aromatic nitrogens is 3. The van der Waals surface area contributed by atoms with Crippen molar-refractivity contribution in [2.75, 3.05) is 6.61 Å². The molecule has 2 rings (SSSR count). The Morgan fingerprint density at radius 2 is 2.21 bits per heavy atom. The van der Waals surface area contributed by atoms with Crippen molar-refractivity contribution < 1.29 is 9.84 Å². The summed E-state index contributed by atoms with van der Waals surface area (Å²) in [7, 11) is 0. The lowest BCUT2D eigenvalue weighted by Gasteiger charge is -2.08. The Balaban J connectivity index is 2.22. The van der Waals surface area contributed by atoms with Gasteiger partial charge in [0.25, 0.3) is 0 Å². The van der Waals surface area contributed by atoms with Crippen LogP contribution in [0.3, 0.4) is 0 Å². The standard InChI is InChI=1S/C13H15N3O3/c1-2-3-6-19-9-4-5-10(11(17)7-9)12-14-8-15-13(18)16-12/h4-5,7-8,17H,2-3,6H2,1H3,(H,14,15,16,18). The summed E-state index contributed by atoms with van der Waals surface area (Å²) in [6.07, 6.45) is 3.16. The maximum atomic E-state index is 11.1. The smallest absolute Gasteiger partial charge is 0.348 e. The van der Waals surface area contributed by atoms with Gasteiger partial charge in [0.05, 0.1) is 12.2 Å². The molecule has 0 amide bonds. The highest BCUT2D eigenvalue weighted by atomic mass is 16.5. The van der Waals surface area contributed by atoms with E-state index in [1.54, 1.807) is 12.1 Å². The van der Waals surface area contributed by atoms with E-state index < -0.39 is 5.69 Å². The lowest BCUT2D eigenvalue weighted by molar-refractivity contribution is 0.307. The van der Waals surface area contributed by atoms with E-state index in [4.69, 9.17) is 4.74 Å². The van der Waals surface area contributed by atoms with E-state index >= 15 is 0 Å². The third kappa shape index (κ3) is 3.31. The summed E-state index contributed by atoms with van der Waals surface area (Å²) in [4.78, 5) is 20.9. The molecule has 0 bridgehead atoms. The van der Waals surface area contributed by atoms with Gasteiger partial charge >= 0.3 is 5.69 Å². The first-order chi connectivity index (χ1) is 9.20. The topological polar surface area (TPSA) is 88.1 Å². The predicted octanol–water partition coefficient (Wildman–Crippen LogP) is 1.72. The molecule has 6 heteroatoms. The SMILES string of the molecule is CCCCOc1ccc(-c2ncnc(=O)[nH]2)c(O)c1. The summed E-state index contributed by atoms with van der Waals surface area (Å²) >= 11 is 0. The van der Waals surface area contributed by atoms with Gasteiger partial charge in [-0.2, -0.15) is 4.98 Å². The van der Waals surface area contributed by atoms with Crippen LogP contribution in [-0.2, 0) is 0 Å². The third-order valence-corrected chi connectivity index (χ3v) is 2.58. The Bertz CT molecular complexity index is 610. The van der Waals surface area contributed by atoms with Crippen LogP contribution in [0.4, 0.5) is 0 Å². The van der Waals surface area contributed by atoms with Gasteiger partial charge in [0, 0.05) is 6.07 Å². The van der Waals surface area contributed by atoms with Crippen molar-refractivity contribution in [3.05, 3.63) is 35.0 Å². The fourth-order valence-corrected chi connectivity index (χ4v) is 1.58. The van der Waals surface area contributed by atoms with Crippen LogP contribution in [-0.4, -0.2) is 26.7 Å². The number of hydrogen-bond acceptors (Lipinski definition) is 5. The maximum Gasteiger partial charge on any atom is 0.348 e. The number of unbranched alkanes of at least 4 members (excludes halogenated alkanes) is 1. The van der Waals surface area contributed by atoms with E-state index in [1.165, 1.54) is 6.07 Å². The van der Waals surface area contributed by atoms with Crippen molar-refractivity contribution in [1.82, 2.24) is 15.0 Å². The molecular weight excluding hydrogens is 246 g/mol. The molecule has 1 heterocycles. The van der Waals surface area contributed by atoms with E-state index in [0.29, 0.717) is 17.9 Å². The van der Waals surface area contributed by atoms with Gasteiger partial charge in [0.15, 0.2) is 0 Å². The zero-order valence-electron chi connectivity index (χ0n) is 10.6. The van der Waals surface area contributed by atoms with Gasteiger partial charge < -0.3 is 9.84 Å². The Labute approximate surface area is 110 Å². The number of aromatic hydroxyl groups is 1. The van der Waals surface area contributed by atoms with Crippen LogP contribution >= 0.6 is 0 Å². The van der Waals surface area contributed by atoms with Crippen LogP contribution in [0.5, 0.6) is 11.5 Å². The first-order valence-corrected chi connectivity index (χ1v) is 6.08. The highest BCUT2D eigenvalue weighted by Gasteiger charge is 2.08. The van der Waals surface area contributed by atoms with Gasteiger partial charge in [-0.15, -0.1) is 0 Å². The molecule has 0 aliphatic carbocycles. The van der Waals surface area contributed by atoms with Crippen molar-refractivity contribution >= 4 is 0 Å². The summed E-state index contributed by atoms with van der Waals surface area (Å²) in [5, 5.41) is 9.93.